The van der Waals surface area contributed by atoms with Crippen molar-refractivity contribution in [2.75, 3.05) is 51.7 Å². The molecule has 1 unspecified atom stereocenters. The zero-order chi connectivity index (χ0) is 23.3. The molecule has 0 bridgehead atoms. The number of halogens is 1. The Bertz CT molecular complexity index is 1040. The molecule has 2 aromatic carbocycles. The van der Waals surface area contributed by atoms with Crippen LogP contribution < -0.4 is 15.8 Å². The van der Waals surface area contributed by atoms with Crippen molar-refractivity contribution >= 4 is 21.5 Å². The normalized spacial score (nSPS) is 16.5. The zero-order valence-electron chi connectivity index (χ0n) is 17.8. The van der Waals surface area contributed by atoms with Crippen LogP contribution in [0.3, 0.4) is 0 Å². The molecule has 1 aliphatic heterocycles. The molecule has 32 heavy (non-hydrogen) atoms. The van der Waals surface area contributed by atoms with E-state index < -0.39 is 21.9 Å². The van der Waals surface area contributed by atoms with Gasteiger partial charge in [-0.3, -0.25) is 10.3 Å². The number of hydrogen-bond acceptors (Lipinski definition) is 7. The molecule has 1 atom stereocenters. The molecule has 0 aliphatic carbocycles. The summed E-state index contributed by atoms with van der Waals surface area (Å²) in [5.41, 5.74) is 6.86. The van der Waals surface area contributed by atoms with Gasteiger partial charge in [-0.1, -0.05) is 0 Å². The standard InChI is InChI=1S/C21H28FN5O4S/c1-31-20-7-6-18(12-19(20)22)32(29,30)27-10-8-26(9-11-27)14-17(28)13-25-16-4-2-15(3-5-16)21(23)24/h2-7,12,17,25,28H,8-11,13-14H2,1H3,(H3,23,24). The van der Waals surface area contributed by atoms with Gasteiger partial charge in [-0.25, -0.2) is 12.8 Å². The Morgan fingerprint density at radius 2 is 1.88 bits per heavy atom. The van der Waals surface area contributed by atoms with Gasteiger partial charge in [-0.2, -0.15) is 4.31 Å². The molecular formula is C21H28FN5O4S. The number of amidine groups is 1. The first-order valence-electron chi connectivity index (χ1n) is 10.1. The number of nitrogen functional groups attached to an aromatic ring is 1. The third-order valence-corrected chi connectivity index (χ3v) is 7.19. The highest BCUT2D eigenvalue weighted by Crippen LogP contribution is 2.24. The van der Waals surface area contributed by atoms with Crippen molar-refractivity contribution in [1.82, 2.24) is 9.21 Å². The van der Waals surface area contributed by atoms with Crippen LogP contribution in [0.15, 0.2) is 47.4 Å². The lowest BCUT2D eigenvalue weighted by Crippen LogP contribution is -2.50. The topological polar surface area (TPSA) is 132 Å². The third kappa shape index (κ3) is 5.74. The number of rotatable bonds is 9. The summed E-state index contributed by atoms with van der Waals surface area (Å²) in [4.78, 5) is 1.88. The summed E-state index contributed by atoms with van der Waals surface area (Å²) in [6.45, 7) is 2.14. The van der Waals surface area contributed by atoms with E-state index in [1.807, 2.05) is 4.90 Å². The highest BCUT2D eigenvalue weighted by molar-refractivity contribution is 7.89. The van der Waals surface area contributed by atoms with Crippen molar-refractivity contribution in [2.45, 2.75) is 11.0 Å². The second kappa shape index (κ2) is 10.3. The molecule has 1 aliphatic rings. The van der Waals surface area contributed by atoms with E-state index in [1.54, 1.807) is 24.3 Å². The summed E-state index contributed by atoms with van der Waals surface area (Å²) in [5, 5.41) is 20.9. The van der Waals surface area contributed by atoms with Gasteiger partial charge in [0.1, 0.15) is 5.84 Å². The van der Waals surface area contributed by atoms with Crippen LogP contribution in [0, 0.1) is 11.2 Å². The van der Waals surface area contributed by atoms with Crippen LogP contribution in [0.25, 0.3) is 0 Å². The number of aliphatic hydroxyl groups excluding tert-OH is 1. The first-order valence-corrected chi connectivity index (χ1v) is 11.6. The van der Waals surface area contributed by atoms with E-state index >= 15 is 0 Å². The molecule has 1 heterocycles. The van der Waals surface area contributed by atoms with Crippen LogP contribution >= 0.6 is 0 Å². The largest absolute Gasteiger partial charge is 0.494 e. The quantitative estimate of drug-likeness (QED) is 0.320. The molecule has 3 rings (SSSR count). The maximum Gasteiger partial charge on any atom is 0.243 e. The molecule has 174 valence electrons. The number of piperazine rings is 1. The van der Waals surface area contributed by atoms with E-state index in [4.69, 9.17) is 15.9 Å². The maximum absolute atomic E-state index is 13.9. The lowest BCUT2D eigenvalue weighted by atomic mass is 10.2. The van der Waals surface area contributed by atoms with Crippen molar-refractivity contribution < 1.29 is 22.7 Å². The summed E-state index contributed by atoms with van der Waals surface area (Å²) in [7, 11) is -2.49. The Hall–Kier alpha value is -2.73. The molecule has 0 saturated carbocycles. The van der Waals surface area contributed by atoms with E-state index in [1.165, 1.54) is 23.5 Å². The van der Waals surface area contributed by atoms with Crippen LogP contribution in [-0.2, 0) is 10.0 Å². The predicted molar refractivity (Wildman–Crippen MR) is 120 cm³/mol. The fraction of sp³-hybridized carbons (Fsp3) is 0.381. The van der Waals surface area contributed by atoms with E-state index in [9.17, 15) is 17.9 Å². The zero-order valence-corrected chi connectivity index (χ0v) is 18.6. The van der Waals surface area contributed by atoms with Gasteiger partial charge in [0, 0.05) is 50.5 Å². The van der Waals surface area contributed by atoms with Crippen molar-refractivity contribution in [3.63, 3.8) is 0 Å². The number of sulfonamides is 1. The molecular weight excluding hydrogens is 437 g/mol. The summed E-state index contributed by atoms with van der Waals surface area (Å²) >= 11 is 0. The highest BCUT2D eigenvalue weighted by atomic mass is 32.2. The minimum absolute atomic E-state index is 0.00475. The number of β-amino-alcohol motifs (C(OH)–C–C–N with tert-alkyl or cyclic N) is 1. The number of hydrogen-bond donors (Lipinski definition) is 4. The fourth-order valence-electron chi connectivity index (χ4n) is 3.47. The number of aliphatic hydroxyl groups is 1. The molecule has 9 nitrogen and oxygen atoms in total. The molecule has 5 N–H and O–H groups in total. The number of nitrogens with zero attached hydrogens (tertiary/aromatic N) is 2. The van der Waals surface area contributed by atoms with Crippen LogP contribution in [0.2, 0.25) is 0 Å². The number of anilines is 1. The van der Waals surface area contributed by atoms with Crippen molar-refractivity contribution in [1.29, 1.82) is 5.41 Å². The lowest BCUT2D eigenvalue weighted by molar-refractivity contribution is 0.0994. The van der Waals surface area contributed by atoms with Crippen LogP contribution in [0.4, 0.5) is 10.1 Å². The molecule has 0 spiro atoms. The number of benzene rings is 2. The molecule has 1 saturated heterocycles. The van der Waals surface area contributed by atoms with Crippen molar-refractivity contribution in [2.24, 2.45) is 5.73 Å². The average Bonchev–Trinajstić information content (AvgIpc) is 2.78. The Morgan fingerprint density at radius 1 is 1.22 bits per heavy atom. The lowest BCUT2D eigenvalue weighted by Gasteiger charge is -2.35. The Morgan fingerprint density at radius 3 is 2.44 bits per heavy atom. The molecule has 0 amide bonds. The smallest absolute Gasteiger partial charge is 0.243 e. The van der Waals surface area contributed by atoms with Gasteiger partial charge in [0.2, 0.25) is 10.0 Å². The molecule has 0 aromatic heterocycles. The minimum Gasteiger partial charge on any atom is -0.494 e. The van der Waals surface area contributed by atoms with Gasteiger partial charge in [-0.15, -0.1) is 0 Å². The second-order valence-corrected chi connectivity index (χ2v) is 9.46. The summed E-state index contributed by atoms with van der Waals surface area (Å²) in [5.74, 6) is -0.736. The van der Waals surface area contributed by atoms with E-state index in [0.29, 0.717) is 31.7 Å². The monoisotopic (exact) mass is 465 g/mol. The van der Waals surface area contributed by atoms with Crippen molar-refractivity contribution in [3.05, 3.63) is 53.8 Å². The van der Waals surface area contributed by atoms with Gasteiger partial charge in [0.15, 0.2) is 11.6 Å². The number of ether oxygens (including phenoxy) is 1. The van der Waals surface area contributed by atoms with Gasteiger partial charge in [0.05, 0.1) is 18.1 Å². The average molecular weight is 466 g/mol. The summed E-state index contributed by atoms with van der Waals surface area (Å²) < 4.78 is 45.7. The molecule has 2 aromatic rings. The second-order valence-electron chi connectivity index (χ2n) is 7.53. The van der Waals surface area contributed by atoms with E-state index in [-0.39, 0.29) is 29.6 Å². The van der Waals surface area contributed by atoms with Gasteiger partial charge in [-0.05, 0) is 42.5 Å². The summed E-state index contributed by atoms with van der Waals surface area (Å²) in [6.07, 6.45) is -0.652. The molecule has 11 heteroatoms. The van der Waals surface area contributed by atoms with Gasteiger partial charge >= 0.3 is 0 Å². The minimum atomic E-state index is -3.81. The fourth-order valence-corrected chi connectivity index (χ4v) is 4.91. The first-order chi connectivity index (χ1) is 15.2. The number of nitrogens with one attached hydrogen (secondary N) is 2. The molecule has 1 fully saturated rings. The van der Waals surface area contributed by atoms with E-state index in [0.717, 1.165) is 11.8 Å². The Kier molecular flexibility index (Phi) is 7.67. The number of methoxy groups -OCH3 is 1. The van der Waals surface area contributed by atoms with E-state index in [2.05, 4.69) is 5.32 Å². The van der Waals surface area contributed by atoms with Crippen LogP contribution in [-0.4, -0.2) is 81.0 Å². The first kappa shape index (κ1) is 23.9. The maximum atomic E-state index is 13.9. The van der Waals surface area contributed by atoms with Crippen LogP contribution in [0.5, 0.6) is 5.75 Å². The van der Waals surface area contributed by atoms with Gasteiger partial charge < -0.3 is 20.9 Å². The van der Waals surface area contributed by atoms with Crippen molar-refractivity contribution in [3.8, 4) is 5.75 Å². The third-order valence-electron chi connectivity index (χ3n) is 5.30. The number of nitrogens with two attached hydrogens (primary N) is 1. The van der Waals surface area contributed by atoms with Crippen LogP contribution in [0.1, 0.15) is 5.56 Å². The molecule has 0 radical (unpaired) electrons. The Labute approximate surface area is 187 Å². The summed E-state index contributed by atoms with van der Waals surface area (Å²) in [6, 6.07) is 10.6. The Balaban J connectivity index is 1.48. The SMILES string of the molecule is COc1ccc(S(=O)(=O)N2CCN(CC(O)CNc3ccc(C(=N)N)cc3)CC2)cc1F. The highest BCUT2D eigenvalue weighted by Gasteiger charge is 2.29. The van der Waals surface area contributed by atoms with Gasteiger partial charge in [0.25, 0.3) is 0 Å². The predicted octanol–water partition coefficient (Wildman–Crippen LogP) is 0.898.